The SMILES string of the molecule is C=CCOc1cccc(C(=O)N2CCC(C(N)=O)(N3CCCCC3)CC2)c1. The molecule has 2 saturated heterocycles. The molecule has 0 atom stereocenters. The first kappa shape index (κ1) is 19.4. The van der Waals surface area contributed by atoms with Crippen LogP contribution in [-0.4, -0.2) is 59.9 Å². The second-order valence-electron chi connectivity index (χ2n) is 7.36. The molecule has 2 aliphatic heterocycles. The van der Waals surface area contributed by atoms with E-state index in [1.54, 1.807) is 18.2 Å². The van der Waals surface area contributed by atoms with Gasteiger partial charge in [0, 0.05) is 18.7 Å². The third-order valence-corrected chi connectivity index (χ3v) is 5.75. The second kappa shape index (κ2) is 8.57. The molecule has 0 aromatic heterocycles. The number of rotatable bonds is 6. The molecule has 0 spiro atoms. The van der Waals surface area contributed by atoms with Crippen LogP contribution in [0, 0.1) is 0 Å². The number of carbonyl (C=O) groups is 2. The summed E-state index contributed by atoms with van der Waals surface area (Å²) in [6.07, 6.45) is 6.29. The molecule has 6 heteroatoms. The molecular weight excluding hydrogens is 342 g/mol. The Balaban J connectivity index is 1.68. The molecule has 27 heavy (non-hydrogen) atoms. The van der Waals surface area contributed by atoms with Crippen LogP contribution in [0.1, 0.15) is 42.5 Å². The zero-order valence-electron chi connectivity index (χ0n) is 15.9. The Bertz CT molecular complexity index is 690. The molecule has 2 N–H and O–H groups in total. The lowest BCUT2D eigenvalue weighted by molar-refractivity contribution is -0.134. The molecule has 1 aromatic rings. The van der Waals surface area contributed by atoms with Crippen molar-refractivity contribution in [3.8, 4) is 5.75 Å². The summed E-state index contributed by atoms with van der Waals surface area (Å²) in [7, 11) is 0. The summed E-state index contributed by atoms with van der Waals surface area (Å²) in [5.41, 5.74) is 5.82. The Morgan fingerprint density at radius 3 is 2.48 bits per heavy atom. The number of nitrogens with zero attached hydrogens (tertiary/aromatic N) is 2. The maximum absolute atomic E-state index is 12.9. The zero-order valence-corrected chi connectivity index (χ0v) is 15.9. The van der Waals surface area contributed by atoms with E-state index in [-0.39, 0.29) is 11.8 Å². The first-order valence-electron chi connectivity index (χ1n) is 9.75. The van der Waals surface area contributed by atoms with Crippen LogP contribution in [0.5, 0.6) is 5.75 Å². The number of ether oxygens (including phenoxy) is 1. The van der Waals surface area contributed by atoms with Gasteiger partial charge in [-0.3, -0.25) is 14.5 Å². The number of nitrogens with two attached hydrogens (primary N) is 1. The first-order valence-corrected chi connectivity index (χ1v) is 9.75. The standard InChI is InChI=1S/C21H29N3O3/c1-2-15-27-18-8-6-7-17(16-18)19(25)23-13-9-21(10-14-23,20(22)26)24-11-4-3-5-12-24/h2,6-8,16H,1,3-5,9-15H2,(H2,22,26). The lowest BCUT2D eigenvalue weighted by atomic mass is 9.83. The lowest BCUT2D eigenvalue weighted by Gasteiger charge is -2.48. The van der Waals surface area contributed by atoms with Gasteiger partial charge in [0.25, 0.3) is 5.91 Å². The van der Waals surface area contributed by atoms with Gasteiger partial charge in [-0.2, -0.15) is 0 Å². The fourth-order valence-electron chi connectivity index (χ4n) is 4.18. The van der Waals surface area contributed by atoms with Crippen molar-refractivity contribution in [1.29, 1.82) is 0 Å². The van der Waals surface area contributed by atoms with E-state index in [4.69, 9.17) is 10.5 Å². The summed E-state index contributed by atoms with van der Waals surface area (Å²) in [6, 6.07) is 7.19. The molecule has 2 heterocycles. The maximum atomic E-state index is 12.9. The molecule has 0 saturated carbocycles. The summed E-state index contributed by atoms with van der Waals surface area (Å²) >= 11 is 0. The Kier molecular flexibility index (Phi) is 6.16. The Morgan fingerprint density at radius 2 is 1.85 bits per heavy atom. The molecule has 0 radical (unpaired) electrons. The van der Waals surface area contributed by atoms with Crippen LogP contribution in [-0.2, 0) is 4.79 Å². The largest absolute Gasteiger partial charge is 0.490 e. The van der Waals surface area contributed by atoms with E-state index >= 15 is 0 Å². The number of hydrogen-bond acceptors (Lipinski definition) is 4. The van der Waals surface area contributed by atoms with Gasteiger partial charge in [-0.25, -0.2) is 0 Å². The molecule has 0 aliphatic carbocycles. The van der Waals surface area contributed by atoms with E-state index in [0.29, 0.717) is 43.9 Å². The van der Waals surface area contributed by atoms with E-state index in [0.717, 1.165) is 25.9 Å². The summed E-state index contributed by atoms with van der Waals surface area (Å²) < 4.78 is 5.52. The van der Waals surface area contributed by atoms with Crippen molar-refractivity contribution < 1.29 is 14.3 Å². The number of benzene rings is 1. The highest BCUT2D eigenvalue weighted by Gasteiger charge is 2.45. The third kappa shape index (κ3) is 4.16. The smallest absolute Gasteiger partial charge is 0.253 e. The predicted molar refractivity (Wildman–Crippen MR) is 105 cm³/mol. The summed E-state index contributed by atoms with van der Waals surface area (Å²) in [5.74, 6) is 0.365. The zero-order chi connectivity index (χ0) is 19.3. The van der Waals surface area contributed by atoms with Crippen molar-refractivity contribution in [2.24, 2.45) is 5.73 Å². The number of piperidine rings is 2. The normalized spacial score (nSPS) is 20.1. The molecule has 6 nitrogen and oxygen atoms in total. The summed E-state index contributed by atoms with van der Waals surface area (Å²) in [4.78, 5) is 29.3. The topological polar surface area (TPSA) is 75.9 Å². The molecule has 0 bridgehead atoms. The fraction of sp³-hybridized carbons (Fsp3) is 0.524. The number of carbonyl (C=O) groups excluding carboxylic acids is 2. The van der Waals surface area contributed by atoms with Gasteiger partial charge in [-0.05, 0) is 57.0 Å². The van der Waals surface area contributed by atoms with Crippen LogP contribution >= 0.6 is 0 Å². The quantitative estimate of drug-likeness (QED) is 0.778. The number of primary amides is 1. The molecule has 1 aromatic carbocycles. The average molecular weight is 371 g/mol. The average Bonchev–Trinajstić information content (AvgIpc) is 2.72. The van der Waals surface area contributed by atoms with E-state index < -0.39 is 5.54 Å². The van der Waals surface area contributed by atoms with Crippen molar-refractivity contribution in [2.45, 2.75) is 37.6 Å². The van der Waals surface area contributed by atoms with Gasteiger partial charge in [0.15, 0.2) is 0 Å². The van der Waals surface area contributed by atoms with Gasteiger partial charge in [-0.1, -0.05) is 25.1 Å². The predicted octanol–water partition coefficient (Wildman–Crippen LogP) is 2.20. The molecule has 0 unspecified atom stereocenters. The van der Waals surface area contributed by atoms with Crippen LogP contribution in [0.2, 0.25) is 0 Å². The van der Waals surface area contributed by atoms with E-state index in [1.165, 1.54) is 6.42 Å². The first-order chi connectivity index (χ1) is 13.1. The third-order valence-electron chi connectivity index (χ3n) is 5.75. The van der Waals surface area contributed by atoms with Gasteiger partial charge >= 0.3 is 0 Å². The van der Waals surface area contributed by atoms with Crippen LogP contribution < -0.4 is 10.5 Å². The Morgan fingerprint density at radius 1 is 1.15 bits per heavy atom. The van der Waals surface area contributed by atoms with Gasteiger partial charge < -0.3 is 15.4 Å². The molecule has 2 fully saturated rings. The molecular formula is C21H29N3O3. The fourth-order valence-corrected chi connectivity index (χ4v) is 4.18. The Hall–Kier alpha value is -2.34. The van der Waals surface area contributed by atoms with Gasteiger partial charge in [0.2, 0.25) is 5.91 Å². The minimum Gasteiger partial charge on any atom is -0.490 e. The monoisotopic (exact) mass is 371 g/mol. The number of likely N-dealkylation sites (tertiary alicyclic amines) is 2. The molecule has 3 rings (SSSR count). The number of hydrogen-bond donors (Lipinski definition) is 1. The van der Waals surface area contributed by atoms with Crippen molar-refractivity contribution in [2.75, 3.05) is 32.8 Å². The van der Waals surface area contributed by atoms with Gasteiger partial charge in [0.05, 0.1) is 0 Å². The van der Waals surface area contributed by atoms with Crippen molar-refractivity contribution in [3.05, 3.63) is 42.5 Å². The Labute approximate surface area is 161 Å². The second-order valence-corrected chi connectivity index (χ2v) is 7.36. The molecule has 2 aliphatic rings. The van der Waals surface area contributed by atoms with Gasteiger partial charge in [0.1, 0.15) is 17.9 Å². The minimum atomic E-state index is -0.605. The van der Waals surface area contributed by atoms with E-state index in [1.807, 2.05) is 17.0 Å². The van der Waals surface area contributed by atoms with E-state index in [9.17, 15) is 9.59 Å². The molecule has 2 amide bonds. The maximum Gasteiger partial charge on any atom is 0.253 e. The highest BCUT2D eigenvalue weighted by Crippen LogP contribution is 2.32. The van der Waals surface area contributed by atoms with Crippen molar-refractivity contribution in [3.63, 3.8) is 0 Å². The van der Waals surface area contributed by atoms with Crippen molar-refractivity contribution >= 4 is 11.8 Å². The van der Waals surface area contributed by atoms with Crippen molar-refractivity contribution in [1.82, 2.24) is 9.80 Å². The number of amides is 2. The van der Waals surface area contributed by atoms with Crippen LogP contribution in [0.3, 0.4) is 0 Å². The van der Waals surface area contributed by atoms with Crippen LogP contribution in [0.15, 0.2) is 36.9 Å². The highest BCUT2D eigenvalue weighted by molar-refractivity contribution is 5.95. The lowest BCUT2D eigenvalue weighted by Crippen LogP contribution is -2.63. The molecule has 146 valence electrons. The summed E-state index contributed by atoms with van der Waals surface area (Å²) in [6.45, 7) is 6.94. The van der Waals surface area contributed by atoms with Crippen LogP contribution in [0.4, 0.5) is 0 Å². The van der Waals surface area contributed by atoms with E-state index in [2.05, 4.69) is 11.5 Å². The highest BCUT2D eigenvalue weighted by atomic mass is 16.5. The minimum absolute atomic E-state index is 0.0317. The van der Waals surface area contributed by atoms with Crippen LogP contribution in [0.25, 0.3) is 0 Å². The summed E-state index contributed by atoms with van der Waals surface area (Å²) in [5, 5.41) is 0. The van der Waals surface area contributed by atoms with Gasteiger partial charge in [-0.15, -0.1) is 0 Å².